The van der Waals surface area contributed by atoms with E-state index in [-0.39, 0.29) is 19.1 Å². The van der Waals surface area contributed by atoms with Crippen molar-refractivity contribution < 1.29 is 24.2 Å². The van der Waals surface area contributed by atoms with Crippen molar-refractivity contribution in [3.05, 3.63) is 24.3 Å². The van der Waals surface area contributed by atoms with Crippen LogP contribution in [0.25, 0.3) is 0 Å². The fourth-order valence-corrected chi connectivity index (χ4v) is 1.25. The molecule has 6 nitrogen and oxygen atoms in total. The van der Waals surface area contributed by atoms with Crippen LogP contribution < -0.4 is 14.8 Å². The van der Waals surface area contributed by atoms with E-state index in [2.05, 4.69) is 5.32 Å². The van der Waals surface area contributed by atoms with E-state index in [1.807, 2.05) is 0 Å². The number of methoxy groups -OCH3 is 1. The van der Waals surface area contributed by atoms with Gasteiger partial charge in [0.1, 0.15) is 11.5 Å². The molecule has 0 aliphatic carbocycles. The van der Waals surface area contributed by atoms with E-state index in [0.29, 0.717) is 11.5 Å². The monoisotopic (exact) mass is 267 g/mol. The summed E-state index contributed by atoms with van der Waals surface area (Å²) < 4.78 is 10.3. The van der Waals surface area contributed by atoms with Gasteiger partial charge < -0.3 is 19.9 Å². The topological polar surface area (TPSA) is 84.9 Å². The van der Waals surface area contributed by atoms with Crippen molar-refractivity contribution >= 4 is 11.9 Å². The average Bonchev–Trinajstić information content (AvgIpc) is 2.42. The van der Waals surface area contributed by atoms with Crippen LogP contribution in [0.1, 0.15) is 6.92 Å². The minimum absolute atomic E-state index is 0.0790. The van der Waals surface area contributed by atoms with E-state index >= 15 is 0 Å². The second kappa shape index (κ2) is 7.25. The van der Waals surface area contributed by atoms with E-state index in [0.717, 1.165) is 0 Å². The normalized spacial score (nSPS) is 11.5. The Morgan fingerprint density at radius 2 is 2.05 bits per heavy atom. The van der Waals surface area contributed by atoms with Gasteiger partial charge in [0.05, 0.1) is 13.0 Å². The Balaban J connectivity index is 2.35. The predicted octanol–water partition coefficient (Wildman–Crippen LogP) is 0.911. The quantitative estimate of drug-likeness (QED) is 0.767. The van der Waals surface area contributed by atoms with Gasteiger partial charge in [0.2, 0.25) is 0 Å². The molecule has 1 aromatic carbocycles. The Bertz CT molecular complexity index is 446. The maximum absolute atomic E-state index is 11.4. The fourth-order valence-electron chi connectivity index (χ4n) is 1.25. The summed E-state index contributed by atoms with van der Waals surface area (Å²) in [5, 5.41) is 11.2. The first-order chi connectivity index (χ1) is 9.02. The first-order valence-electron chi connectivity index (χ1n) is 5.79. The molecule has 6 heteroatoms. The fraction of sp³-hybridized carbons (Fsp3) is 0.385. The highest BCUT2D eigenvalue weighted by Crippen LogP contribution is 2.18. The van der Waals surface area contributed by atoms with E-state index in [1.165, 1.54) is 6.92 Å². The number of carboxylic acid groups (broad SMARTS) is 1. The maximum atomic E-state index is 11.4. The number of rotatable bonds is 7. The Morgan fingerprint density at radius 3 is 2.68 bits per heavy atom. The molecule has 19 heavy (non-hydrogen) atoms. The molecule has 0 aliphatic heterocycles. The van der Waals surface area contributed by atoms with Crippen molar-refractivity contribution in [1.82, 2.24) is 5.32 Å². The van der Waals surface area contributed by atoms with Crippen LogP contribution in [0.5, 0.6) is 11.5 Å². The molecule has 0 aliphatic rings. The van der Waals surface area contributed by atoms with Gasteiger partial charge in [-0.25, -0.2) is 0 Å². The lowest BCUT2D eigenvalue weighted by Crippen LogP contribution is -2.34. The van der Waals surface area contributed by atoms with Gasteiger partial charge in [0.25, 0.3) is 5.91 Å². The minimum atomic E-state index is -0.950. The SMILES string of the molecule is COc1cccc(OCC(=O)NCC(C)C(=O)O)c1. The van der Waals surface area contributed by atoms with Crippen LogP contribution in [0.15, 0.2) is 24.3 Å². The number of carboxylic acids is 1. The van der Waals surface area contributed by atoms with E-state index in [1.54, 1.807) is 31.4 Å². The number of hydrogen-bond donors (Lipinski definition) is 2. The highest BCUT2D eigenvalue weighted by atomic mass is 16.5. The third-order valence-corrected chi connectivity index (χ3v) is 2.44. The van der Waals surface area contributed by atoms with Crippen LogP contribution in [0.2, 0.25) is 0 Å². The lowest BCUT2D eigenvalue weighted by molar-refractivity contribution is -0.141. The lowest BCUT2D eigenvalue weighted by atomic mass is 10.2. The van der Waals surface area contributed by atoms with Crippen LogP contribution in [-0.2, 0) is 9.59 Å². The molecule has 1 unspecified atom stereocenters. The average molecular weight is 267 g/mol. The largest absolute Gasteiger partial charge is 0.497 e. The minimum Gasteiger partial charge on any atom is -0.497 e. The molecule has 1 amide bonds. The molecule has 0 spiro atoms. The molecule has 0 bridgehead atoms. The van der Waals surface area contributed by atoms with Crippen molar-refractivity contribution in [2.75, 3.05) is 20.3 Å². The number of carbonyl (C=O) groups excluding carboxylic acids is 1. The number of nitrogens with one attached hydrogen (secondary N) is 1. The van der Waals surface area contributed by atoms with Gasteiger partial charge >= 0.3 is 5.97 Å². The molecule has 1 aromatic rings. The second-order valence-electron chi connectivity index (χ2n) is 4.01. The zero-order valence-corrected chi connectivity index (χ0v) is 10.9. The van der Waals surface area contributed by atoms with Crippen molar-refractivity contribution in [1.29, 1.82) is 0 Å². The zero-order chi connectivity index (χ0) is 14.3. The van der Waals surface area contributed by atoms with Crippen molar-refractivity contribution in [2.45, 2.75) is 6.92 Å². The predicted molar refractivity (Wildman–Crippen MR) is 68.3 cm³/mol. The molecule has 1 atom stereocenters. The summed E-state index contributed by atoms with van der Waals surface area (Å²) in [4.78, 5) is 22.0. The van der Waals surface area contributed by atoms with Crippen molar-refractivity contribution in [3.63, 3.8) is 0 Å². The summed E-state index contributed by atoms with van der Waals surface area (Å²) in [5.74, 6) is -0.788. The second-order valence-corrected chi connectivity index (χ2v) is 4.01. The third-order valence-electron chi connectivity index (χ3n) is 2.44. The lowest BCUT2D eigenvalue weighted by Gasteiger charge is -2.10. The molecular formula is C13H17NO5. The standard InChI is InChI=1S/C13H17NO5/c1-9(13(16)17)7-14-12(15)8-19-11-5-3-4-10(6-11)18-2/h3-6,9H,7-8H2,1-2H3,(H,14,15)(H,16,17). The van der Waals surface area contributed by atoms with Crippen molar-refractivity contribution in [2.24, 2.45) is 5.92 Å². The Hall–Kier alpha value is -2.24. The zero-order valence-electron chi connectivity index (χ0n) is 10.9. The number of benzene rings is 1. The summed E-state index contributed by atoms with van der Waals surface area (Å²) in [5.41, 5.74) is 0. The molecule has 0 saturated heterocycles. The maximum Gasteiger partial charge on any atom is 0.308 e. The molecule has 2 N–H and O–H groups in total. The van der Waals surface area contributed by atoms with Gasteiger partial charge in [0, 0.05) is 12.6 Å². The molecule has 0 saturated carbocycles. The highest BCUT2D eigenvalue weighted by molar-refractivity contribution is 5.78. The number of aliphatic carboxylic acids is 1. The van der Waals surface area contributed by atoms with Gasteiger partial charge in [0.15, 0.2) is 6.61 Å². The van der Waals surface area contributed by atoms with Gasteiger partial charge in [-0.2, -0.15) is 0 Å². The number of carbonyl (C=O) groups is 2. The van der Waals surface area contributed by atoms with Gasteiger partial charge in [-0.15, -0.1) is 0 Å². The van der Waals surface area contributed by atoms with Crippen LogP contribution in [0.3, 0.4) is 0 Å². The number of hydrogen-bond acceptors (Lipinski definition) is 4. The Morgan fingerprint density at radius 1 is 1.37 bits per heavy atom. The third kappa shape index (κ3) is 5.29. The molecule has 0 aromatic heterocycles. The van der Waals surface area contributed by atoms with Crippen LogP contribution in [-0.4, -0.2) is 37.2 Å². The van der Waals surface area contributed by atoms with Gasteiger partial charge in [-0.3, -0.25) is 9.59 Å². The van der Waals surface area contributed by atoms with Crippen LogP contribution >= 0.6 is 0 Å². The van der Waals surface area contributed by atoms with Crippen molar-refractivity contribution in [3.8, 4) is 11.5 Å². The molecule has 0 radical (unpaired) electrons. The smallest absolute Gasteiger partial charge is 0.308 e. The van der Waals surface area contributed by atoms with Crippen LogP contribution in [0, 0.1) is 5.92 Å². The molecule has 1 rings (SSSR count). The Kier molecular flexibility index (Phi) is 5.66. The van der Waals surface area contributed by atoms with E-state index < -0.39 is 11.9 Å². The van der Waals surface area contributed by atoms with Crippen LogP contribution in [0.4, 0.5) is 0 Å². The number of ether oxygens (including phenoxy) is 2. The molecule has 0 fully saturated rings. The van der Waals surface area contributed by atoms with Gasteiger partial charge in [-0.1, -0.05) is 13.0 Å². The van der Waals surface area contributed by atoms with Gasteiger partial charge in [-0.05, 0) is 12.1 Å². The summed E-state index contributed by atoms with van der Waals surface area (Å²) in [6.45, 7) is 1.43. The summed E-state index contributed by atoms with van der Waals surface area (Å²) in [6, 6.07) is 6.88. The summed E-state index contributed by atoms with van der Waals surface area (Å²) in [6.07, 6.45) is 0. The summed E-state index contributed by atoms with van der Waals surface area (Å²) in [7, 11) is 1.54. The first kappa shape index (κ1) is 14.8. The van der Waals surface area contributed by atoms with E-state index in [9.17, 15) is 9.59 Å². The molecule has 104 valence electrons. The Labute approximate surface area is 111 Å². The molecular weight excluding hydrogens is 250 g/mol. The highest BCUT2D eigenvalue weighted by Gasteiger charge is 2.12. The number of amides is 1. The summed E-state index contributed by atoms with van der Waals surface area (Å²) >= 11 is 0. The van der Waals surface area contributed by atoms with E-state index in [4.69, 9.17) is 14.6 Å². The first-order valence-corrected chi connectivity index (χ1v) is 5.79. The molecule has 0 heterocycles.